The number of hydrogen-bond donors (Lipinski definition) is 0. The first-order chi connectivity index (χ1) is 17.9. The van der Waals surface area contributed by atoms with Gasteiger partial charge in [-0.25, -0.2) is 12.7 Å². The Bertz CT molecular complexity index is 1190. The smallest absolute Gasteiger partial charge is 0.243 e. The molecule has 0 unspecified atom stereocenters. The first-order valence-electron chi connectivity index (χ1n) is 13.5. The van der Waals surface area contributed by atoms with E-state index >= 15 is 0 Å². The Morgan fingerprint density at radius 3 is 2.16 bits per heavy atom. The molecular formula is C30H45N3O4S. The second-order valence-corrected chi connectivity index (χ2v) is 13.0. The lowest BCUT2D eigenvalue weighted by Crippen LogP contribution is -2.35. The molecule has 0 bridgehead atoms. The van der Waals surface area contributed by atoms with Crippen LogP contribution in [0.25, 0.3) is 0 Å². The number of ether oxygens (including phenoxy) is 1. The van der Waals surface area contributed by atoms with E-state index in [0.717, 1.165) is 31.1 Å². The van der Waals surface area contributed by atoms with Crippen molar-refractivity contribution in [3.05, 3.63) is 52.6 Å². The fourth-order valence-electron chi connectivity index (χ4n) is 5.40. The van der Waals surface area contributed by atoms with Gasteiger partial charge in [-0.2, -0.15) is 0 Å². The molecule has 0 spiro atoms. The van der Waals surface area contributed by atoms with Crippen molar-refractivity contribution in [1.82, 2.24) is 9.21 Å². The average molecular weight is 544 g/mol. The molecule has 8 heteroatoms. The third kappa shape index (κ3) is 7.58. The lowest BCUT2D eigenvalue weighted by molar-refractivity contribution is -0.118. The molecule has 7 nitrogen and oxygen atoms in total. The minimum Gasteiger partial charge on any atom is -0.497 e. The van der Waals surface area contributed by atoms with Crippen LogP contribution in [-0.4, -0.2) is 77.8 Å². The van der Waals surface area contributed by atoms with Crippen LogP contribution in [0.3, 0.4) is 0 Å². The zero-order chi connectivity index (χ0) is 28.0. The van der Waals surface area contributed by atoms with Crippen molar-refractivity contribution in [2.24, 2.45) is 5.92 Å². The second-order valence-electron chi connectivity index (χ2n) is 11.0. The largest absolute Gasteiger partial charge is 0.497 e. The van der Waals surface area contributed by atoms with Gasteiger partial charge in [0, 0.05) is 45.2 Å². The maximum absolute atomic E-state index is 13.2. The first-order valence-corrected chi connectivity index (χ1v) is 15.0. The van der Waals surface area contributed by atoms with Gasteiger partial charge in [-0.05, 0) is 107 Å². The van der Waals surface area contributed by atoms with Crippen molar-refractivity contribution in [1.29, 1.82) is 0 Å². The third-order valence-electron chi connectivity index (χ3n) is 7.65. The summed E-state index contributed by atoms with van der Waals surface area (Å²) in [5, 5.41) is 0. The van der Waals surface area contributed by atoms with Gasteiger partial charge in [0.25, 0.3) is 0 Å². The SMILES string of the molecule is COc1cc(C)c(S(=O)(=O)N(C)CCC(=O)Cc2ccc(N3CCC(CCN(C)C)CC3)c(C)c2)c(C)c1. The van der Waals surface area contributed by atoms with Gasteiger partial charge < -0.3 is 14.5 Å². The highest BCUT2D eigenvalue weighted by molar-refractivity contribution is 7.89. The average Bonchev–Trinajstić information content (AvgIpc) is 2.85. The van der Waals surface area contributed by atoms with E-state index in [-0.39, 0.29) is 23.6 Å². The van der Waals surface area contributed by atoms with E-state index in [1.165, 1.54) is 41.9 Å². The zero-order valence-electron chi connectivity index (χ0n) is 24.2. The van der Waals surface area contributed by atoms with Crippen LogP contribution in [0.2, 0.25) is 0 Å². The third-order valence-corrected chi connectivity index (χ3v) is 9.81. The number of piperidine rings is 1. The van der Waals surface area contributed by atoms with E-state index in [1.54, 1.807) is 33.1 Å². The number of Topliss-reactive ketones (excluding diaryl/α,β-unsaturated/α-hetero) is 1. The first kappa shape index (κ1) is 30.1. The van der Waals surface area contributed by atoms with Crippen LogP contribution in [0.15, 0.2) is 35.2 Å². The van der Waals surface area contributed by atoms with Crippen LogP contribution in [0.1, 0.15) is 47.9 Å². The molecule has 1 fully saturated rings. The molecule has 1 saturated heterocycles. The van der Waals surface area contributed by atoms with E-state index in [1.807, 2.05) is 6.07 Å². The highest BCUT2D eigenvalue weighted by Gasteiger charge is 2.26. The number of carbonyl (C=O) groups excluding carboxylic acids is 1. The lowest BCUT2D eigenvalue weighted by atomic mass is 9.92. The van der Waals surface area contributed by atoms with Crippen molar-refractivity contribution in [2.75, 3.05) is 59.3 Å². The highest BCUT2D eigenvalue weighted by atomic mass is 32.2. The summed E-state index contributed by atoms with van der Waals surface area (Å²) < 4.78 is 33.0. The van der Waals surface area contributed by atoms with Gasteiger partial charge >= 0.3 is 0 Å². The molecule has 0 atom stereocenters. The number of ketones is 1. The van der Waals surface area contributed by atoms with Crippen molar-refractivity contribution < 1.29 is 17.9 Å². The molecule has 1 aliphatic rings. The Morgan fingerprint density at radius 1 is 0.974 bits per heavy atom. The van der Waals surface area contributed by atoms with Crippen molar-refractivity contribution in [3.8, 4) is 5.75 Å². The number of sulfonamides is 1. The van der Waals surface area contributed by atoms with E-state index in [0.29, 0.717) is 23.3 Å². The molecule has 1 heterocycles. The normalized spacial score (nSPS) is 14.9. The Labute approximate surface area is 229 Å². The number of benzene rings is 2. The molecule has 0 saturated carbocycles. The van der Waals surface area contributed by atoms with Crippen molar-refractivity contribution >= 4 is 21.5 Å². The summed E-state index contributed by atoms with van der Waals surface area (Å²) in [6.07, 6.45) is 4.18. The monoisotopic (exact) mass is 543 g/mol. The van der Waals surface area contributed by atoms with Crippen LogP contribution in [-0.2, 0) is 21.2 Å². The molecular weight excluding hydrogens is 498 g/mol. The second kappa shape index (κ2) is 13.1. The highest BCUT2D eigenvalue weighted by Crippen LogP contribution is 2.29. The summed E-state index contributed by atoms with van der Waals surface area (Å²) in [6, 6.07) is 9.74. The predicted octanol–water partition coefficient (Wildman–Crippen LogP) is 4.61. The molecule has 0 radical (unpaired) electrons. The van der Waals surface area contributed by atoms with Gasteiger partial charge in [-0.15, -0.1) is 0 Å². The van der Waals surface area contributed by atoms with Crippen molar-refractivity contribution in [2.45, 2.75) is 57.8 Å². The quantitative estimate of drug-likeness (QED) is 0.389. The predicted molar refractivity (Wildman–Crippen MR) is 155 cm³/mol. The van der Waals surface area contributed by atoms with E-state index in [2.05, 4.69) is 43.0 Å². The fourth-order valence-corrected chi connectivity index (χ4v) is 6.97. The van der Waals surface area contributed by atoms with Gasteiger partial charge in [-0.1, -0.05) is 12.1 Å². The Hall–Kier alpha value is -2.42. The Morgan fingerprint density at radius 2 is 1.61 bits per heavy atom. The van der Waals surface area contributed by atoms with Gasteiger partial charge in [0.1, 0.15) is 11.5 Å². The summed E-state index contributed by atoms with van der Waals surface area (Å²) >= 11 is 0. The molecule has 0 amide bonds. The van der Waals surface area contributed by atoms with Crippen LogP contribution in [0.4, 0.5) is 5.69 Å². The summed E-state index contributed by atoms with van der Waals surface area (Å²) in [7, 11) is 3.65. The molecule has 2 aromatic carbocycles. The molecule has 3 rings (SSSR count). The summed E-state index contributed by atoms with van der Waals surface area (Å²) in [4.78, 5) is 17.8. The number of nitrogens with zero attached hydrogens (tertiary/aromatic N) is 3. The van der Waals surface area contributed by atoms with E-state index in [9.17, 15) is 13.2 Å². The van der Waals surface area contributed by atoms with Crippen LogP contribution in [0.5, 0.6) is 5.75 Å². The van der Waals surface area contributed by atoms with Gasteiger partial charge in [0.2, 0.25) is 10.0 Å². The molecule has 0 aliphatic carbocycles. The lowest BCUT2D eigenvalue weighted by Gasteiger charge is -2.35. The van der Waals surface area contributed by atoms with E-state index < -0.39 is 10.0 Å². The minimum atomic E-state index is -3.71. The minimum absolute atomic E-state index is 0.0316. The molecule has 0 N–H and O–H groups in total. The molecule has 1 aliphatic heterocycles. The summed E-state index contributed by atoms with van der Waals surface area (Å²) in [5.41, 5.74) is 4.68. The Kier molecular flexibility index (Phi) is 10.4. The van der Waals surface area contributed by atoms with Crippen LogP contribution in [0, 0.1) is 26.7 Å². The van der Waals surface area contributed by atoms with Gasteiger partial charge in [-0.3, -0.25) is 4.79 Å². The fraction of sp³-hybridized carbons (Fsp3) is 0.567. The van der Waals surface area contributed by atoms with E-state index in [4.69, 9.17) is 4.74 Å². The maximum atomic E-state index is 13.2. The number of aryl methyl sites for hydroxylation is 3. The number of anilines is 1. The molecule has 0 aromatic heterocycles. The molecule has 210 valence electrons. The van der Waals surface area contributed by atoms with Gasteiger partial charge in [0.05, 0.1) is 12.0 Å². The number of methoxy groups -OCH3 is 1. The van der Waals surface area contributed by atoms with Crippen LogP contribution < -0.4 is 9.64 Å². The standard InChI is InChI=1S/C30H45N3O4S/c1-22-18-26(8-9-29(22)33-16-11-25(12-17-33)10-14-31(4)5)21-27(34)13-15-32(6)38(35,36)30-23(2)19-28(37-7)20-24(30)3/h8-9,18-20,25H,10-17,21H2,1-7H3. The molecule has 2 aromatic rings. The summed E-state index contributed by atoms with van der Waals surface area (Å²) in [6.45, 7) is 9.08. The number of rotatable bonds is 12. The number of carbonyl (C=O) groups is 1. The Balaban J connectivity index is 1.55. The maximum Gasteiger partial charge on any atom is 0.243 e. The zero-order valence-corrected chi connectivity index (χ0v) is 25.0. The molecule has 38 heavy (non-hydrogen) atoms. The number of hydrogen-bond acceptors (Lipinski definition) is 6. The summed E-state index contributed by atoms with van der Waals surface area (Å²) in [5.74, 6) is 1.46. The van der Waals surface area contributed by atoms with Crippen LogP contribution >= 0.6 is 0 Å². The topological polar surface area (TPSA) is 70.2 Å². The van der Waals surface area contributed by atoms with Gasteiger partial charge in [0.15, 0.2) is 0 Å². The van der Waals surface area contributed by atoms with Crippen molar-refractivity contribution in [3.63, 3.8) is 0 Å².